The van der Waals surface area contributed by atoms with Crippen LogP contribution < -0.4 is 22.3 Å². The van der Waals surface area contributed by atoms with Crippen LogP contribution in [-0.4, -0.2) is 31.6 Å². The van der Waals surface area contributed by atoms with Gasteiger partial charge in [-0.15, -0.1) is 0 Å². The number of aromatic nitrogens is 4. The zero-order valence-corrected chi connectivity index (χ0v) is 22.3. The number of nitrogen functional groups attached to an aromatic ring is 2. The van der Waals surface area contributed by atoms with E-state index in [1.54, 1.807) is 30.3 Å². The number of hydrogen-bond acceptors (Lipinski definition) is 10. The first-order valence-electron chi connectivity index (χ1n) is 13.0. The van der Waals surface area contributed by atoms with Crippen LogP contribution in [0.4, 0.5) is 22.0 Å². The first-order chi connectivity index (χ1) is 19.7. The number of nitrogens with zero attached hydrogens (tertiary/aromatic N) is 5. The Balaban J connectivity index is 1.40. The van der Waals surface area contributed by atoms with Crippen LogP contribution in [0.1, 0.15) is 59.5 Å². The van der Waals surface area contributed by atoms with Gasteiger partial charge in [0, 0.05) is 18.9 Å². The summed E-state index contributed by atoms with van der Waals surface area (Å²) in [5, 5.41) is 13.0. The standard InChI is InChI=1S/C28H24ClFN8O3/c29-20-9-15(30)8-18-22(20)35-25(21(13-6-7-13)34-24-19(12-31)23(32)36-28(33)37-24)38(26(18)39)16-10-17(11-16)41-27(40)14-4-2-1-3-5-14/h1-5,8-9,13,16-17,21H,6-7,10-11H2,(H5,32,33,34,36,37). The quantitative estimate of drug-likeness (QED) is 0.272. The fourth-order valence-electron chi connectivity index (χ4n) is 5.14. The van der Waals surface area contributed by atoms with Gasteiger partial charge in [0.1, 0.15) is 35.2 Å². The van der Waals surface area contributed by atoms with Gasteiger partial charge in [-0.05, 0) is 43.0 Å². The minimum absolute atomic E-state index is 0.00318. The van der Waals surface area contributed by atoms with E-state index in [0.717, 1.165) is 25.0 Å². The Morgan fingerprint density at radius 3 is 2.59 bits per heavy atom. The molecule has 0 saturated heterocycles. The van der Waals surface area contributed by atoms with Gasteiger partial charge in [-0.2, -0.15) is 15.2 Å². The number of ether oxygens (including phenoxy) is 1. The molecule has 6 rings (SSSR count). The molecule has 11 nitrogen and oxygen atoms in total. The van der Waals surface area contributed by atoms with Gasteiger partial charge in [0.15, 0.2) is 5.82 Å². The number of halogens is 2. The third-order valence-electron chi connectivity index (χ3n) is 7.40. The molecule has 41 heavy (non-hydrogen) atoms. The second-order valence-corrected chi connectivity index (χ2v) is 10.6. The number of anilines is 3. The second kappa shape index (κ2) is 10.3. The molecule has 0 amide bonds. The first kappa shape index (κ1) is 26.5. The highest BCUT2D eigenvalue weighted by Crippen LogP contribution is 2.45. The summed E-state index contributed by atoms with van der Waals surface area (Å²) in [6.07, 6.45) is 1.94. The number of rotatable bonds is 7. The molecule has 0 bridgehead atoms. The molecular weight excluding hydrogens is 551 g/mol. The SMILES string of the molecule is N#Cc1c(N)nc(N)nc1NC(c1nc2c(Cl)cc(F)cc2c(=O)n1C1CC(OC(=O)c2ccccc2)C1)C1CC1. The van der Waals surface area contributed by atoms with Gasteiger partial charge in [0.05, 0.1) is 27.5 Å². The van der Waals surface area contributed by atoms with Gasteiger partial charge >= 0.3 is 5.97 Å². The minimum atomic E-state index is -0.661. The highest BCUT2D eigenvalue weighted by atomic mass is 35.5. The van der Waals surface area contributed by atoms with Gasteiger partial charge in [-0.1, -0.05) is 29.8 Å². The molecule has 0 spiro atoms. The smallest absolute Gasteiger partial charge is 0.338 e. The number of esters is 1. The van der Waals surface area contributed by atoms with Crippen LogP contribution in [0.5, 0.6) is 0 Å². The number of carbonyl (C=O) groups is 1. The summed E-state index contributed by atoms with van der Waals surface area (Å²) in [6.45, 7) is 0. The fourth-order valence-corrected chi connectivity index (χ4v) is 5.38. The third kappa shape index (κ3) is 5.00. The van der Waals surface area contributed by atoms with Gasteiger partial charge in [0.2, 0.25) is 5.95 Å². The van der Waals surface area contributed by atoms with Crippen LogP contribution in [0, 0.1) is 23.1 Å². The van der Waals surface area contributed by atoms with E-state index in [0.29, 0.717) is 24.2 Å². The molecule has 208 valence electrons. The molecule has 2 aliphatic rings. The summed E-state index contributed by atoms with van der Waals surface area (Å²) >= 11 is 6.35. The Kier molecular flexibility index (Phi) is 6.67. The fraction of sp³-hybridized carbons (Fsp3) is 0.286. The van der Waals surface area contributed by atoms with E-state index in [2.05, 4.69) is 15.3 Å². The van der Waals surface area contributed by atoms with Crippen molar-refractivity contribution in [1.29, 1.82) is 5.26 Å². The highest BCUT2D eigenvalue weighted by molar-refractivity contribution is 6.35. The number of nitrogens with one attached hydrogen (secondary N) is 1. The predicted molar refractivity (Wildman–Crippen MR) is 150 cm³/mol. The van der Waals surface area contributed by atoms with Gasteiger partial charge in [-0.25, -0.2) is 14.2 Å². The molecule has 5 N–H and O–H groups in total. The van der Waals surface area contributed by atoms with E-state index < -0.39 is 29.5 Å². The largest absolute Gasteiger partial charge is 0.459 e. The van der Waals surface area contributed by atoms with Crippen LogP contribution in [0.2, 0.25) is 5.02 Å². The van der Waals surface area contributed by atoms with E-state index in [-0.39, 0.29) is 51.0 Å². The van der Waals surface area contributed by atoms with Crippen LogP contribution in [-0.2, 0) is 4.74 Å². The lowest BCUT2D eigenvalue weighted by molar-refractivity contribution is -0.00922. The Hall–Kier alpha value is -4.76. The van der Waals surface area contributed by atoms with E-state index in [1.165, 1.54) is 4.57 Å². The Bertz CT molecular complexity index is 1780. The number of fused-ring (bicyclic) bond motifs is 1. The zero-order chi connectivity index (χ0) is 28.8. The average molecular weight is 575 g/mol. The number of nitriles is 1. The lowest BCUT2D eigenvalue weighted by Gasteiger charge is -2.38. The van der Waals surface area contributed by atoms with Gasteiger partial charge in [0.25, 0.3) is 5.56 Å². The molecule has 13 heteroatoms. The van der Waals surface area contributed by atoms with Crippen molar-refractivity contribution in [3.63, 3.8) is 0 Å². The Morgan fingerprint density at radius 2 is 1.90 bits per heavy atom. The molecule has 1 unspecified atom stereocenters. The molecule has 2 aromatic carbocycles. The summed E-state index contributed by atoms with van der Waals surface area (Å²) in [7, 11) is 0. The molecule has 4 aromatic rings. The van der Waals surface area contributed by atoms with Crippen molar-refractivity contribution < 1.29 is 13.9 Å². The summed E-state index contributed by atoms with van der Waals surface area (Å²) < 4.78 is 21.5. The van der Waals surface area contributed by atoms with Crippen molar-refractivity contribution in [1.82, 2.24) is 19.5 Å². The molecule has 1 atom stereocenters. The lowest BCUT2D eigenvalue weighted by Crippen LogP contribution is -2.42. The van der Waals surface area contributed by atoms with E-state index >= 15 is 0 Å². The normalized spacial score (nSPS) is 18.8. The van der Waals surface area contributed by atoms with Crippen LogP contribution in [0.3, 0.4) is 0 Å². The summed E-state index contributed by atoms with van der Waals surface area (Å²) in [6, 6.07) is 11.9. The van der Waals surface area contributed by atoms with E-state index in [1.807, 2.05) is 6.07 Å². The van der Waals surface area contributed by atoms with Crippen LogP contribution >= 0.6 is 11.6 Å². The zero-order valence-electron chi connectivity index (χ0n) is 21.6. The molecule has 0 radical (unpaired) electrons. The number of nitrogens with two attached hydrogens (primary N) is 2. The highest BCUT2D eigenvalue weighted by Gasteiger charge is 2.41. The number of carbonyl (C=O) groups excluding carboxylic acids is 1. The van der Waals surface area contributed by atoms with Gasteiger partial charge in [-0.3, -0.25) is 9.36 Å². The number of hydrogen-bond donors (Lipinski definition) is 3. The molecule has 2 saturated carbocycles. The minimum Gasteiger partial charge on any atom is -0.459 e. The van der Waals surface area contributed by atoms with Crippen LogP contribution in [0.25, 0.3) is 10.9 Å². The van der Waals surface area contributed by atoms with Crippen molar-refractivity contribution in [3.8, 4) is 6.07 Å². The molecule has 2 fully saturated rings. The molecule has 2 aliphatic carbocycles. The lowest BCUT2D eigenvalue weighted by atomic mass is 9.88. The third-order valence-corrected chi connectivity index (χ3v) is 7.69. The van der Waals surface area contributed by atoms with Gasteiger partial charge < -0.3 is 21.5 Å². The summed E-state index contributed by atoms with van der Waals surface area (Å²) in [4.78, 5) is 39.3. The summed E-state index contributed by atoms with van der Waals surface area (Å²) in [5.41, 5.74) is 11.9. The maximum Gasteiger partial charge on any atom is 0.338 e. The van der Waals surface area contributed by atoms with E-state index in [9.17, 15) is 19.2 Å². The van der Waals surface area contributed by atoms with Crippen molar-refractivity contribution in [2.24, 2.45) is 5.92 Å². The first-order valence-corrected chi connectivity index (χ1v) is 13.4. The molecule has 2 aromatic heterocycles. The van der Waals surface area contributed by atoms with Crippen molar-refractivity contribution in [2.75, 3.05) is 16.8 Å². The van der Waals surface area contributed by atoms with Crippen molar-refractivity contribution in [2.45, 2.75) is 43.9 Å². The maximum absolute atomic E-state index is 14.3. The average Bonchev–Trinajstić information content (AvgIpc) is 3.76. The Morgan fingerprint density at radius 1 is 1.17 bits per heavy atom. The van der Waals surface area contributed by atoms with Crippen molar-refractivity contribution in [3.05, 3.63) is 80.6 Å². The topological polar surface area (TPSA) is 175 Å². The second-order valence-electron chi connectivity index (χ2n) is 10.2. The summed E-state index contributed by atoms with van der Waals surface area (Å²) in [5.74, 6) is -0.816. The number of benzene rings is 2. The van der Waals surface area contributed by atoms with Crippen LogP contribution in [0.15, 0.2) is 47.3 Å². The monoisotopic (exact) mass is 574 g/mol. The van der Waals surface area contributed by atoms with E-state index in [4.69, 9.17) is 32.8 Å². The molecule has 2 heterocycles. The Labute approximate surface area is 237 Å². The maximum atomic E-state index is 14.3. The predicted octanol–water partition coefficient (Wildman–Crippen LogP) is 4.14. The molecule has 0 aliphatic heterocycles. The molecular formula is C28H24ClFN8O3. The van der Waals surface area contributed by atoms with Crippen molar-refractivity contribution >= 4 is 46.1 Å².